The molecule has 354 valence electrons. The first-order chi connectivity index (χ1) is 32.1. The van der Waals surface area contributed by atoms with Crippen LogP contribution in [0.4, 0.5) is 17.1 Å². The molecule has 2 saturated carbocycles. The van der Waals surface area contributed by atoms with Gasteiger partial charge in [-0.25, -0.2) is 18.1 Å². The molecule has 5 aliphatic rings. The molecule has 2 saturated heterocycles. The maximum absolute atomic E-state index is 14.1. The van der Waals surface area contributed by atoms with Crippen LogP contribution in [0.15, 0.2) is 84.0 Å². The lowest BCUT2D eigenvalue weighted by Crippen LogP contribution is -2.58. The van der Waals surface area contributed by atoms with Gasteiger partial charge in [0.1, 0.15) is 23.3 Å². The number of nitro benzene ring substituents is 1. The number of H-pyrrole nitrogens is 1. The number of aromatic amines is 1. The standard InChI is InChI=1S/C51H61N7O8S/c1-32(2)39-7-5-6-8-40(39)44-31-64-22-21-57(44)36-27-51(28-36)16-19-56(20-17-51)35-9-10-41(45(24-35)65-37-23-34-13-18-52-48(34)54-29-37)49(59)55-67(62,63)38-25-42-47(43(26-38)58(60)61)66-46(30-53-42)33-11-14-50(3,4)15-12-33/h5-10,13,18,23-26,29,32-33,36,44,46,53H,11-12,14-17,19-22,27-28,30-31H2,1-4H3,(H,52,54)(H,55,59)/t44-,46+/m0/s1. The van der Waals surface area contributed by atoms with E-state index in [1.54, 1.807) is 30.6 Å². The molecule has 1 amide bonds. The van der Waals surface area contributed by atoms with Crippen LogP contribution in [0.5, 0.6) is 17.2 Å². The molecule has 0 bridgehead atoms. The van der Waals surface area contributed by atoms with E-state index in [0.29, 0.717) is 36.5 Å². The minimum absolute atomic E-state index is 0.00499. The second kappa shape index (κ2) is 17.7. The normalized spacial score (nSPS) is 22.1. The van der Waals surface area contributed by atoms with E-state index in [9.17, 15) is 23.3 Å². The van der Waals surface area contributed by atoms with E-state index in [1.807, 2.05) is 12.1 Å². The second-order valence-corrected chi connectivity index (χ2v) is 22.3. The third kappa shape index (κ3) is 9.07. The minimum Gasteiger partial charge on any atom is -0.480 e. The van der Waals surface area contributed by atoms with Crippen LogP contribution >= 0.6 is 0 Å². The number of pyridine rings is 1. The number of benzene rings is 3. The van der Waals surface area contributed by atoms with Crippen LogP contribution < -0.4 is 24.4 Å². The lowest BCUT2D eigenvalue weighted by molar-refractivity contribution is -0.386. The summed E-state index contributed by atoms with van der Waals surface area (Å²) >= 11 is 0. The van der Waals surface area contributed by atoms with Gasteiger partial charge in [-0.05, 0) is 115 Å². The molecule has 3 N–H and O–H groups in total. The van der Waals surface area contributed by atoms with Crippen LogP contribution in [0.2, 0.25) is 0 Å². The third-order valence-corrected chi connectivity index (χ3v) is 16.7. The number of nitro groups is 1. The summed E-state index contributed by atoms with van der Waals surface area (Å²) < 4.78 is 48.9. The molecule has 67 heavy (non-hydrogen) atoms. The highest BCUT2D eigenvalue weighted by atomic mass is 32.2. The van der Waals surface area contributed by atoms with Crippen molar-refractivity contribution in [2.75, 3.05) is 49.6 Å². The van der Waals surface area contributed by atoms with Gasteiger partial charge in [0.05, 0.1) is 53.1 Å². The first-order valence-corrected chi connectivity index (χ1v) is 25.4. The molecule has 0 radical (unpaired) electrons. The molecule has 15 nitrogen and oxygen atoms in total. The van der Waals surface area contributed by atoms with Gasteiger partial charge in [0.15, 0.2) is 0 Å². The summed E-state index contributed by atoms with van der Waals surface area (Å²) in [7, 11) is -4.63. The average Bonchev–Trinajstić information content (AvgIpc) is 3.78. The van der Waals surface area contributed by atoms with Crippen molar-refractivity contribution in [1.29, 1.82) is 0 Å². The molecule has 2 atom stereocenters. The summed E-state index contributed by atoms with van der Waals surface area (Å²) in [5.74, 6) is 0.223. The molecule has 5 aromatic rings. The number of ether oxygens (including phenoxy) is 3. The highest BCUT2D eigenvalue weighted by Crippen LogP contribution is 2.53. The van der Waals surface area contributed by atoms with Crippen LogP contribution in [0.25, 0.3) is 11.0 Å². The molecule has 2 aromatic heterocycles. The smallest absolute Gasteiger partial charge is 0.314 e. The number of nitrogens with zero attached hydrogens (tertiary/aromatic N) is 4. The molecular weight excluding hydrogens is 871 g/mol. The van der Waals surface area contributed by atoms with Crippen molar-refractivity contribution in [2.24, 2.45) is 16.7 Å². The lowest BCUT2D eigenvalue weighted by atomic mass is 9.59. The summed E-state index contributed by atoms with van der Waals surface area (Å²) in [5, 5.41) is 16.4. The fraction of sp³-hybridized carbons (Fsp3) is 0.490. The van der Waals surface area contributed by atoms with E-state index < -0.39 is 31.4 Å². The van der Waals surface area contributed by atoms with Gasteiger partial charge in [0.25, 0.3) is 15.9 Å². The van der Waals surface area contributed by atoms with Crippen LogP contribution in [0.3, 0.4) is 0 Å². The molecule has 16 heteroatoms. The highest BCUT2D eigenvalue weighted by molar-refractivity contribution is 7.90. The summed E-state index contributed by atoms with van der Waals surface area (Å²) in [4.78, 5) is 38.0. The van der Waals surface area contributed by atoms with Gasteiger partial charge in [-0.15, -0.1) is 0 Å². The van der Waals surface area contributed by atoms with Gasteiger partial charge >= 0.3 is 5.69 Å². The van der Waals surface area contributed by atoms with Gasteiger partial charge in [0.2, 0.25) is 5.75 Å². The Labute approximate surface area is 392 Å². The predicted octanol–water partition coefficient (Wildman–Crippen LogP) is 9.72. The highest BCUT2D eigenvalue weighted by Gasteiger charge is 2.50. The Kier molecular flexibility index (Phi) is 11.9. The molecule has 0 unspecified atom stereocenters. The van der Waals surface area contributed by atoms with Crippen molar-refractivity contribution in [2.45, 2.75) is 108 Å². The Morgan fingerprint density at radius 1 is 1.00 bits per heavy atom. The summed E-state index contributed by atoms with van der Waals surface area (Å²) in [6.45, 7) is 13.4. The SMILES string of the molecule is CC(C)c1ccccc1[C@@H]1COCCN1C1CC2(CCN(c3ccc(C(=O)NS(=O)(=O)c4cc5c(c([N+](=O)[O-])c4)O[C@@H](C4CCC(C)(C)CC4)CN5)c(Oc4cnc5[nH]ccc5c4)c3)CC2)C1. The van der Waals surface area contributed by atoms with Crippen LogP contribution in [0, 0.1) is 26.9 Å². The van der Waals surface area contributed by atoms with E-state index in [2.05, 4.69) is 81.8 Å². The van der Waals surface area contributed by atoms with Gasteiger partial charge in [-0.2, -0.15) is 0 Å². The van der Waals surface area contributed by atoms with Crippen molar-refractivity contribution in [1.82, 2.24) is 19.6 Å². The molecule has 5 heterocycles. The summed E-state index contributed by atoms with van der Waals surface area (Å²) in [5.41, 5.74) is 4.47. The molecule has 10 rings (SSSR count). The Morgan fingerprint density at radius 3 is 2.54 bits per heavy atom. The molecule has 3 aromatic carbocycles. The maximum Gasteiger partial charge on any atom is 0.314 e. The van der Waals surface area contributed by atoms with Crippen molar-refractivity contribution >= 4 is 44.0 Å². The van der Waals surface area contributed by atoms with E-state index in [0.717, 1.165) is 94.7 Å². The van der Waals surface area contributed by atoms with Crippen LogP contribution in [-0.2, 0) is 14.8 Å². The number of anilines is 2. The predicted molar refractivity (Wildman–Crippen MR) is 257 cm³/mol. The summed E-state index contributed by atoms with van der Waals surface area (Å²) in [6.07, 6.45) is 11.3. The van der Waals surface area contributed by atoms with Gasteiger partial charge in [-0.1, -0.05) is 52.0 Å². The number of carbonyl (C=O) groups excluding carboxylic acids is 1. The van der Waals surface area contributed by atoms with Gasteiger partial charge in [-0.3, -0.25) is 19.8 Å². The zero-order valence-electron chi connectivity index (χ0n) is 38.8. The largest absolute Gasteiger partial charge is 0.480 e. The van der Waals surface area contributed by atoms with Crippen molar-refractivity contribution < 1.29 is 32.3 Å². The van der Waals surface area contributed by atoms with Crippen LogP contribution in [-0.4, -0.2) is 85.7 Å². The van der Waals surface area contributed by atoms with E-state index in [1.165, 1.54) is 17.2 Å². The first kappa shape index (κ1) is 45.1. The lowest BCUT2D eigenvalue weighted by Gasteiger charge is -2.57. The number of morpholine rings is 1. The summed E-state index contributed by atoms with van der Waals surface area (Å²) in [6, 6.07) is 20.6. The molecule has 2 aliphatic carbocycles. The average molecular weight is 932 g/mol. The number of fused-ring (bicyclic) bond motifs is 2. The number of rotatable bonds is 11. The molecule has 1 spiro atoms. The molecular formula is C51H61N7O8S. The second-order valence-electron chi connectivity index (χ2n) is 20.6. The number of amides is 1. The topological polar surface area (TPSA) is 181 Å². The fourth-order valence-corrected chi connectivity index (χ4v) is 12.4. The number of hydrogen-bond acceptors (Lipinski definition) is 12. The number of sulfonamides is 1. The zero-order valence-corrected chi connectivity index (χ0v) is 39.6. The zero-order chi connectivity index (χ0) is 46.7. The van der Waals surface area contributed by atoms with Gasteiger partial charge < -0.3 is 29.4 Å². The number of nitrogens with one attached hydrogen (secondary N) is 3. The Balaban J connectivity index is 0.856. The quantitative estimate of drug-likeness (QED) is 0.0844. The van der Waals surface area contributed by atoms with Crippen molar-refractivity contribution in [3.05, 3.63) is 106 Å². The maximum atomic E-state index is 14.1. The number of aromatic nitrogens is 2. The third-order valence-electron chi connectivity index (χ3n) is 15.4. The van der Waals surface area contributed by atoms with Gasteiger partial charge in [0, 0.05) is 55.1 Å². The monoisotopic (exact) mass is 931 g/mol. The first-order valence-electron chi connectivity index (χ1n) is 23.9. The van der Waals surface area contributed by atoms with E-state index in [4.69, 9.17) is 14.2 Å². The van der Waals surface area contributed by atoms with Crippen molar-refractivity contribution in [3.8, 4) is 17.2 Å². The molecule has 4 fully saturated rings. The minimum atomic E-state index is -4.63. The fourth-order valence-electron chi connectivity index (χ4n) is 11.4. The molecule has 3 aliphatic heterocycles. The number of piperidine rings is 1. The number of carbonyl (C=O) groups is 1. The van der Waals surface area contributed by atoms with E-state index in [-0.39, 0.29) is 51.6 Å². The number of hydrogen-bond donors (Lipinski definition) is 3. The Bertz CT molecular complexity index is 2780. The van der Waals surface area contributed by atoms with Crippen molar-refractivity contribution in [3.63, 3.8) is 0 Å². The Hall–Kier alpha value is -5.71. The van der Waals surface area contributed by atoms with Crippen LogP contribution in [0.1, 0.15) is 113 Å². The Morgan fingerprint density at radius 2 is 1.78 bits per heavy atom. The van der Waals surface area contributed by atoms with E-state index >= 15 is 0 Å².